The second-order valence-electron chi connectivity index (χ2n) is 3.54. The molecule has 0 amide bonds. The molecule has 18 heavy (non-hydrogen) atoms. The lowest BCUT2D eigenvalue weighted by molar-refractivity contribution is 0.377. The second kappa shape index (κ2) is 4.74. The standard InChI is InChI=1S/C8H12N6O3S/c1-14-4-6(8(9)13-14)18(15,16)12-3-2-7-10-5-11-17-7/h4-5,12H,2-3H2,1H3,(H2,9,13). The molecule has 2 rings (SSSR count). The van der Waals surface area contributed by atoms with Crippen molar-refractivity contribution in [2.45, 2.75) is 11.3 Å². The van der Waals surface area contributed by atoms with Gasteiger partial charge < -0.3 is 10.3 Å². The third-order valence-electron chi connectivity index (χ3n) is 2.15. The first-order chi connectivity index (χ1) is 8.49. The van der Waals surface area contributed by atoms with Crippen molar-refractivity contribution in [3.8, 4) is 0 Å². The molecule has 0 saturated carbocycles. The Balaban J connectivity index is 2.02. The Morgan fingerprint density at radius 3 is 2.89 bits per heavy atom. The van der Waals surface area contributed by atoms with E-state index in [-0.39, 0.29) is 17.3 Å². The fraction of sp³-hybridized carbons (Fsp3) is 0.375. The molecule has 9 nitrogen and oxygen atoms in total. The third kappa shape index (κ3) is 2.65. The van der Waals surface area contributed by atoms with Crippen molar-refractivity contribution in [2.24, 2.45) is 7.05 Å². The summed E-state index contributed by atoms with van der Waals surface area (Å²) in [6.45, 7) is 0.138. The molecule has 0 atom stereocenters. The van der Waals surface area contributed by atoms with Crippen LogP contribution in [-0.2, 0) is 23.5 Å². The van der Waals surface area contributed by atoms with Gasteiger partial charge in [-0.1, -0.05) is 5.16 Å². The van der Waals surface area contributed by atoms with Crippen LogP contribution in [0.1, 0.15) is 5.89 Å². The van der Waals surface area contributed by atoms with Gasteiger partial charge in [0.15, 0.2) is 12.1 Å². The molecular weight excluding hydrogens is 260 g/mol. The lowest BCUT2D eigenvalue weighted by Crippen LogP contribution is -2.26. The number of nitrogens with one attached hydrogen (secondary N) is 1. The number of nitrogen functional groups attached to an aromatic ring is 1. The Hall–Kier alpha value is -1.94. The van der Waals surface area contributed by atoms with Crippen LogP contribution in [0.3, 0.4) is 0 Å². The summed E-state index contributed by atoms with van der Waals surface area (Å²) in [7, 11) is -2.08. The van der Waals surface area contributed by atoms with Crippen LogP contribution in [0.5, 0.6) is 0 Å². The molecule has 0 bridgehead atoms. The van der Waals surface area contributed by atoms with E-state index in [1.54, 1.807) is 7.05 Å². The summed E-state index contributed by atoms with van der Waals surface area (Å²) >= 11 is 0. The Morgan fingerprint density at radius 1 is 1.56 bits per heavy atom. The van der Waals surface area contributed by atoms with E-state index in [2.05, 4.69) is 20.0 Å². The predicted octanol–water partition coefficient (Wildman–Crippen LogP) is -1.09. The summed E-state index contributed by atoms with van der Waals surface area (Å²) in [6.07, 6.45) is 2.90. The molecule has 0 saturated heterocycles. The average molecular weight is 272 g/mol. The summed E-state index contributed by atoms with van der Waals surface area (Å²) in [5.74, 6) is 0.319. The third-order valence-corrected chi connectivity index (χ3v) is 3.63. The van der Waals surface area contributed by atoms with Gasteiger partial charge in [-0.15, -0.1) is 0 Å². The van der Waals surface area contributed by atoms with E-state index in [1.807, 2.05) is 0 Å². The normalized spacial score (nSPS) is 11.8. The minimum atomic E-state index is -3.67. The van der Waals surface area contributed by atoms with Crippen LogP contribution in [0.2, 0.25) is 0 Å². The molecule has 3 N–H and O–H groups in total. The van der Waals surface area contributed by atoms with Crippen molar-refractivity contribution in [1.29, 1.82) is 0 Å². The van der Waals surface area contributed by atoms with Crippen LogP contribution >= 0.6 is 0 Å². The molecule has 0 unspecified atom stereocenters. The lowest BCUT2D eigenvalue weighted by Gasteiger charge is -2.03. The minimum Gasteiger partial charge on any atom is -0.381 e. The number of aryl methyl sites for hydroxylation is 1. The van der Waals surface area contributed by atoms with Gasteiger partial charge in [-0.05, 0) is 0 Å². The van der Waals surface area contributed by atoms with Crippen molar-refractivity contribution < 1.29 is 12.9 Å². The van der Waals surface area contributed by atoms with Crippen molar-refractivity contribution in [1.82, 2.24) is 24.6 Å². The smallest absolute Gasteiger partial charge is 0.245 e. The Bertz CT molecular complexity index is 617. The quantitative estimate of drug-likeness (QED) is 0.707. The molecule has 0 aliphatic rings. The van der Waals surface area contributed by atoms with Crippen LogP contribution in [-0.4, -0.2) is 34.9 Å². The maximum Gasteiger partial charge on any atom is 0.245 e. The largest absolute Gasteiger partial charge is 0.381 e. The van der Waals surface area contributed by atoms with Crippen molar-refractivity contribution >= 4 is 15.8 Å². The predicted molar refractivity (Wildman–Crippen MR) is 60.8 cm³/mol. The maximum atomic E-state index is 11.9. The van der Waals surface area contributed by atoms with Crippen LogP contribution in [0.4, 0.5) is 5.82 Å². The summed E-state index contributed by atoms with van der Waals surface area (Å²) in [5, 5.41) is 7.19. The van der Waals surface area contributed by atoms with Gasteiger partial charge >= 0.3 is 0 Å². The first-order valence-corrected chi connectivity index (χ1v) is 6.51. The van der Waals surface area contributed by atoms with Crippen molar-refractivity contribution in [3.63, 3.8) is 0 Å². The Morgan fingerprint density at radius 2 is 2.33 bits per heavy atom. The van der Waals surface area contributed by atoms with E-state index in [0.717, 1.165) is 0 Å². The molecule has 0 spiro atoms. The van der Waals surface area contributed by atoms with Gasteiger partial charge in [-0.25, -0.2) is 13.1 Å². The molecule has 0 aromatic carbocycles. The molecule has 98 valence electrons. The first-order valence-electron chi connectivity index (χ1n) is 5.03. The summed E-state index contributed by atoms with van der Waals surface area (Å²) < 4.78 is 32.2. The number of nitrogens with two attached hydrogens (primary N) is 1. The SMILES string of the molecule is Cn1cc(S(=O)(=O)NCCc2ncno2)c(N)n1. The maximum absolute atomic E-state index is 11.9. The van der Waals surface area contributed by atoms with Crippen molar-refractivity contribution in [2.75, 3.05) is 12.3 Å². The number of hydrogen-bond donors (Lipinski definition) is 2. The molecule has 0 radical (unpaired) electrons. The number of aromatic nitrogens is 4. The molecule has 10 heteroatoms. The molecule has 2 aromatic rings. The molecular formula is C8H12N6O3S. The molecule has 0 aliphatic heterocycles. The summed E-state index contributed by atoms with van der Waals surface area (Å²) in [4.78, 5) is 3.73. The van der Waals surface area contributed by atoms with Crippen molar-refractivity contribution in [3.05, 3.63) is 18.4 Å². The Kier molecular flexibility index (Phi) is 3.30. The van der Waals surface area contributed by atoms with Gasteiger partial charge in [0.05, 0.1) is 0 Å². The van der Waals surface area contributed by atoms with E-state index >= 15 is 0 Å². The van der Waals surface area contributed by atoms with Gasteiger partial charge in [-0.2, -0.15) is 10.1 Å². The number of sulfonamides is 1. The van der Waals surface area contributed by atoms with Crippen LogP contribution in [0.15, 0.2) is 21.9 Å². The Labute approximate surface area is 103 Å². The first kappa shape index (κ1) is 12.5. The molecule has 0 aliphatic carbocycles. The number of hydrogen-bond acceptors (Lipinski definition) is 7. The highest BCUT2D eigenvalue weighted by Gasteiger charge is 2.20. The zero-order valence-corrected chi connectivity index (χ0v) is 10.4. The number of rotatable bonds is 5. The zero-order valence-electron chi connectivity index (χ0n) is 9.57. The minimum absolute atomic E-state index is 0.0391. The highest BCUT2D eigenvalue weighted by Crippen LogP contribution is 2.14. The van der Waals surface area contributed by atoms with Gasteiger partial charge in [0.2, 0.25) is 15.9 Å². The van der Waals surface area contributed by atoms with E-state index in [9.17, 15) is 8.42 Å². The second-order valence-corrected chi connectivity index (χ2v) is 5.27. The van der Waals surface area contributed by atoms with Crippen LogP contribution < -0.4 is 10.5 Å². The van der Waals surface area contributed by atoms with Gasteiger partial charge in [-0.3, -0.25) is 4.68 Å². The highest BCUT2D eigenvalue weighted by molar-refractivity contribution is 7.89. The van der Waals surface area contributed by atoms with Gasteiger partial charge in [0.25, 0.3) is 0 Å². The van der Waals surface area contributed by atoms with Gasteiger partial charge in [0, 0.05) is 26.2 Å². The fourth-order valence-electron chi connectivity index (χ4n) is 1.37. The number of anilines is 1. The molecule has 0 fully saturated rings. The van der Waals surface area contributed by atoms with Crippen LogP contribution in [0, 0.1) is 0 Å². The molecule has 2 aromatic heterocycles. The number of nitrogens with zero attached hydrogens (tertiary/aromatic N) is 4. The fourth-order valence-corrected chi connectivity index (χ4v) is 2.50. The lowest BCUT2D eigenvalue weighted by atomic mass is 10.4. The van der Waals surface area contributed by atoms with E-state index in [0.29, 0.717) is 12.3 Å². The summed E-state index contributed by atoms with van der Waals surface area (Å²) in [6, 6.07) is 0. The van der Waals surface area contributed by atoms with E-state index < -0.39 is 10.0 Å². The molecule has 2 heterocycles. The highest BCUT2D eigenvalue weighted by atomic mass is 32.2. The van der Waals surface area contributed by atoms with E-state index in [1.165, 1.54) is 17.2 Å². The monoisotopic (exact) mass is 272 g/mol. The van der Waals surface area contributed by atoms with E-state index in [4.69, 9.17) is 10.3 Å². The topological polar surface area (TPSA) is 129 Å². The average Bonchev–Trinajstić information content (AvgIpc) is 2.88. The summed E-state index contributed by atoms with van der Waals surface area (Å²) in [5.41, 5.74) is 5.50. The van der Waals surface area contributed by atoms with Gasteiger partial charge in [0.1, 0.15) is 4.90 Å². The van der Waals surface area contributed by atoms with Crippen LogP contribution in [0.25, 0.3) is 0 Å². The zero-order chi connectivity index (χ0) is 13.2.